The van der Waals surface area contributed by atoms with E-state index in [1.165, 1.54) is 16.8 Å². The molecule has 0 aliphatic carbocycles. The Hall–Kier alpha value is -3.27. The molecule has 2 amide bonds. The Kier molecular flexibility index (Phi) is 5.72. The minimum absolute atomic E-state index is 0.0308. The third-order valence-electron chi connectivity index (χ3n) is 6.17. The molecule has 8 nitrogen and oxygen atoms in total. The summed E-state index contributed by atoms with van der Waals surface area (Å²) in [6, 6.07) is 2.75. The lowest BCUT2D eigenvalue weighted by Gasteiger charge is -2.36. The second kappa shape index (κ2) is 8.34. The highest BCUT2D eigenvalue weighted by Gasteiger charge is 2.45. The molecule has 10 heteroatoms. The molecule has 1 aromatic carbocycles. The molecule has 0 saturated carbocycles. The second-order valence-electron chi connectivity index (χ2n) is 8.09. The smallest absolute Gasteiger partial charge is 0.276 e. The number of carbonyl (C=O) groups excluding carboxylic acids is 2. The van der Waals surface area contributed by atoms with Crippen LogP contribution < -0.4 is 10.7 Å². The number of benzene rings is 1. The third-order valence-corrected chi connectivity index (χ3v) is 6.17. The molecule has 32 heavy (non-hydrogen) atoms. The van der Waals surface area contributed by atoms with E-state index < -0.39 is 46.4 Å². The Morgan fingerprint density at radius 2 is 2.09 bits per heavy atom. The second-order valence-corrected chi connectivity index (χ2v) is 8.09. The van der Waals surface area contributed by atoms with Gasteiger partial charge in [0, 0.05) is 24.4 Å². The molecule has 2 aromatic rings. The molecule has 2 unspecified atom stereocenters. The van der Waals surface area contributed by atoms with Gasteiger partial charge in [0.25, 0.3) is 11.8 Å². The van der Waals surface area contributed by atoms with E-state index in [4.69, 9.17) is 4.74 Å². The van der Waals surface area contributed by atoms with E-state index >= 15 is 0 Å². The minimum atomic E-state index is -1.000. The van der Waals surface area contributed by atoms with Crippen LogP contribution in [0.15, 0.2) is 29.2 Å². The van der Waals surface area contributed by atoms with Gasteiger partial charge in [-0.3, -0.25) is 14.4 Å². The summed E-state index contributed by atoms with van der Waals surface area (Å²) in [5.74, 6) is -3.62. The van der Waals surface area contributed by atoms with Gasteiger partial charge in [0.2, 0.25) is 5.43 Å². The van der Waals surface area contributed by atoms with Crippen LogP contribution in [0.2, 0.25) is 0 Å². The van der Waals surface area contributed by atoms with Crippen molar-refractivity contribution < 1.29 is 28.2 Å². The van der Waals surface area contributed by atoms with Gasteiger partial charge in [0.15, 0.2) is 17.7 Å². The highest BCUT2D eigenvalue weighted by molar-refractivity contribution is 5.99. The summed E-state index contributed by atoms with van der Waals surface area (Å²) in [7, 11) is 0. The van der Waals surface area contributed by atoms with Crippen LogP contribution in [-0.2, 0) is 17.8 Å². The van der Waals surface area contributed by atoms with E-state index in [-0.39, 0.29) is 36.3 Å². The van der Waals surface area contributed by atoms with Crippen molar-refractivity contribution in [2.45, 2.75) is 45.6 Å². The molecule has 170 valence electrons. The normalized spacial score (nSPS) is 20.6. The third kappa shape index (κ3) is 3.64. The fraction of sp³-hybridized carbons (Fsp3) is 0.409. The van der Waals surface area contributed by atoms with Crippen LogP contribution in [0.5, 0.6) is 5.75 Å². The zero-order chi connectivity index (χ0) is 23.2. The number of halogens is 2. The highest BCUT2D eigenvalue weighted by Crippen LogP contribution is 2.33. The average molecular weight is 447 g/mol. The number of pyridine rings is 1. The molecule has 0 bridgehead atoms. The molecule has 0 spiro atoms. The van der Waals surface area contributed by atoms with Gasteiger partial charge in [-0.25, -0.2) is 8.78 Å². The molecule has 3 heterocycles. The van der Waals surface area contributed by atoms with Crippen LogP contribution >= 0.6 is 0 Å². The van der Waals surface area contributed by atoms with Gasteiger partial charge < -0.3 is 24.6 Å². The Morgan fingerprint density at radius 3 is 2.78 bits per heavy atom. The van der Waals surface area contributed by atoms with Gasteiger partial charge in [-0.1, -0.05) is 26.3 Å². The van der Waals surface area contributed by atoms with Crippen LogP contribution in [0.25, 0.3) is 0 Å². The van der Waals surface area contributed by atoms with E-state index in [0.717, 1.165) is 12.5 Å². The van der Waals surface area contributed by atoms with Crippen molar-refractivity contribution in [1.29, 1.82) is 0 Å². The first-order valence-corrected chi connectivity index (χ1v) is 10.4. The van der Waals surface area contributed by atoms with E-state index in [1.54, 1.807) is 4.90 Å². The molecule has 2 N–H and O–H groups in total. The number of hydrogen-bond acceptors (Lipinski definition) is 5. The van der Waals surface area contributed by atoms with Crippen molar-refractivity contribution in [1.82, 2.24) is 14.8 Å². The first kappa shape index (κ1) is 21.9. The predicted molar refractivity (Wildman–Crippen MR) is 109 cm³/mol. The number of aromatic nitrogens is 1. The molecule has 3 atom stereocenters. The lowest BCUT2D eigenvalue weighted by Crippen LogP contribution is -2.51. The molecule has 1 aromatic heterocycles. The molecular weight excluding hydrogens is 424 g/mol. The summed E-state index contributed by atoms with van der Waals surface area (Å²) in [5.41, 5.74) is -1.55. The van der Waals surface area contributed by atoms with Crippen molar-refractivity contribution in [3.8, 4) is 5.75 Å². The number of carbonyl (C=O) groups is 2. The van der Waals surface area contributed by atoms with E-state index in [9.17, 15) is 28.3 Å². The van der Waals surface area contributed by atoms with Crippen molar-refractivity contribution >= 4 is 11.8 Å². The van der Waals surface area contributed by atoms with Crippen LogP contribution in [0.3, 0.4) is 0 Å². The Morgan fingerprint density at radius 1 is 1.34 bits per heavy atom. The lowest BCUT2D eigenvalue weighted by molar-refractivity contribution is 0.00396. The lowest BCUT2D eigenvalue weighted by atomic mass is 9.98. The Labute approximate surface area is 182 Å². The van der Waals surface area contributed by atoms with Gasteiger partial charge >= 0.3 is 0 Å². The minimum Gasteiger partial charge on any atom is -0.503 e. The quantitative estimate of drug-likeness (QED) is 0.730. The number of hydrogen-bond donors (Lipinski definition) is 2. The van der Waals surface area contributed by atoms with Gasteiger partial charge in [-0.2, -0.15) is 0 Å². The van der Waals surface area contributed by atoms with Crippen molar-refractivity contribution in [3.63, 3.8) is 0 Å². The van der Waals surface area contributed by atoms with Gasteiger partial charge in [-0.05, 0) is 12.0 Å². The van der Waals surface area contributed by atoms with Crippen LogP contribution in [0.4, 0.5) is 8.78 Å². The zero-order valence-electron chi connectivity index (χ0n) is 17.6. The highest BCUT2D eigenvalue weighted by atomic mass is 19.1. The number of fused-ring (bicyclic) bond motifs is 2. The standard InChI is InChI=1S/C22H23F2N3O5/c1-3-11(2)16-10-32-17-9-26-8-14(19(28)20(29)18(26)22(31)27(16)17)21(30)25-7-12-4-5-13(23)6-15(12)24/h4-6,8,11,16-17,29H,3,7,9-10H2,1-2H3,(H,25,30)/t11-,16?,17?/m0/s1. The van der Waals surface area contributed by atoms with Crippen molar-refractivity contribution in [2.75, 3.05) is 6.61 Å². The first-order chi connectivity index (χ1) is 15.2. The summed E-state index contributed by atoms with van der Waals surface area (Å²) in [6.45, 7) is 4.21. The molecule has 2 aliphatic heterocycles. The van der Waals surface area contributed by atoms with Crippen LogP contribution in [-0.4, -0.2) is 45.3 Å². The number of ether oxygens (including phenoxy) is 1. The van der Waals surface area contributed by atoms with Gasteiger partial charge in [0.05, 0.1) is 19.2 Å². The molecule has 1 fully saturated rings. The van der Waals surface area contributed by atoms with E-state index in [2.05, 4.69) is 5.32 Å². The predicted octanol–water partition coefficient (Wildman–Crippen LogP) is 1.99. The number of aromatic hydroxyl groups is 1. The first-order valence-electron chi connectivity index (χ1n) is 10.4. The van der Waals surface area contributed by atoms with Crippen molar-refractivity contribution in [2.24, 2.45) is 5.92 Å². The molecular formula is C22H23F2N3O5. The molecule has 2 aliphatic rings. The van der Waals surface area contributed by atoms with Crippen molar-refractivity contribution in [3.05, 3.63) is 63.1 Å². The maximum Gasteiger partial charge on any atom is 0.276 e. The van der Waals surface area contributed by atoms with Crippen LogP contribution in [0, 0.1) is 17.6 Å². The SMILES string of the molecule is CC[C@H](C)C1COC2Cn3cc(C(=O)NCc4ccc(F)cc4F)c(=O)c(O)c3C(=O)N21. The van der Waals surface area contributed by atoms with Gasteiger partial charge in [0.1, 0.15) is 17.2 Å². The molecule has 0 radical (unpaired) electrons. The van der Waals surface area contributed by atoms with Gasteiger partial charge in [-0.15, -0.1) is 0 Å². The largest absolute Gasteiger partial charge is 0.503 e. The number of rotatable bonds is 5. The van der Waals surface area contributed by atoms with E-state index in [0.29, 0.717) is 12.7 Å². The van der Waals surface area contributed by atoms with Crippen LogP contribution in [0.1, 0.15) is 46.7 Å². The fourth-order valence-corrected chi connectivity index (χ4v) is 4.12. The summed E-state index contributed by atoms with van der Waals surface area (Å²) in [6.07, 6.45) is 1.46. The monoisotopic (exact) mass is 447 g/mol. The summed E-state index contributed by atoms with van der Waals surface area (Å²) in [5, 5.41) is 12.9. The fourth-order valence-electron chi connectivity index (χ4n) is 4.12. The maximum absolute atomic E-state index is 13.8. The topological polar surface area (TPSA) is 101 Å². The van der Waals surface area contributed by atoms with E-state index in [1.807, 2.05) is 13.8 Å². The number of nitrogens with zero attached hydrogens (tertiary/aromatic N) is 2. The average Bonchev–Trinajstić information content (AvgIpc) is 3.19. The summed E-state index contributed by atoms with van der Waals surface area (Å²) in [4.78, 5) is 39.9. The summed E-state index contributed by atoms with van der Waals surface area (Å²) >= 11 is 0. The Balaban J connectivity index is 1.61. The molecule has 1 saturated heterocycles. The summed E-state index contributed by atoms with van der Waals surface area (Å²) < 4.78 is 34.0. The Bertz CT molecular complexity index is 1150. The molecule has 4 rings (SSSR count). The number of nitrogens with one attached hydrogen (secondary N) is 1. The maximum atomic E-state index is 13.8. The number of amides is 2. The zero-order valence-corrected chi connectivity index (χ0v) is 17.6.